The SMILES string of the molecule is CC(C)(C)C(=O)O[C@](C(=O)C(=O)C(C)(C)C)(C(=O)C(C)(C)C)[C@](O)(C(=O)C(C)(C)C)[C@H](O)[C@H](O)CO. The van der Waals surface area contributed by atoms with Gasteiger partial charge in [-0.1, -0.05) is 62.3 Å². The number of hydrogen-bond acceptors (Lipinski definition) is 10. The first kappa shape index (κ1) is 34.0. The first-order valence-corrected chi connectivity index (χ1v) is 11.8. The van der Waals surface area contributed by atoms with Crippen LogP contribution in [0.4, 0.5) is 0 Å². The van der Waals surface area contributed by atoms with Crippen LogP contribution >= 0.6 is 0 Å². The Labute approximate surface area is 213 Å². The minimum atomic E-state index is -3.67. The van der Waals surface area contributed by atoms with Crippen molar-refractivity contribution in [3.63, 3.8) is 0 Å². The Morgan fingerprint density at radius 2 is 1.03 bits per heavy atom. The van der Waals surface area contributed by atoms with Gasteiger partial charge in [-0.25, -0.2) is 0 Å². The lowest BCUT2D eigenvalue weighted by Gasteiger charge is -2.50. The summed E-state index contributed by atoms with van der Waals surface area (Å²) in [4.78, 5) is 68.5. The first-order valence-electron chi connectivity index (χ1n) is 11.8. The molecule has 208 valence electrons. The van der Waals surface area contributed by atoms with Gasteiger partial charge in [-0.05, 0) is 20.8 Å². The van der Waals surface area contributed by atoms with Crippen molar-refractivity contribution in [2.24, 2.45) is 21.7 Å². The highest BCUT2D eigenvalue weighted by Crippen LogP contribution is 2.45. The molecule has 0 unspecified atom stereocenters. The van der Waals surface area contributed by atoms with Crippen LogP contribution in [0.5, 0.6) is 0 Å². The smallest absolute Gasteiger partial charge is 0.312 e. The quantitative estimate of drug-likeness (QED) is 0.198. The monoisotopic (exact) mass is 516 g/mol. The van der Waals surface area contributed by atoms with Crippen LogP contribution in [0.15, 0.2) is 0 Å². The molecule has 0 spiro atoms. The van der Waals surface area contributed by atoms with Crippen molar-refractivity contribution in [1.82, 2.24) is 0 Å². The molecule has 10 nitrogen and oxygen atoms in total. The Bertz CT molecular complexity index is 892. The fourth-order valence-corrected chi connectivity index (χ4v) is 3.39. The lowest BCUT2D eigenvalue weighted by molar-refractivity contribution is -0.236. The van der Waals surface area contributed by atoms with E-state index in [4.69, 9.17) is 4.74 Å². The summed E-state index contributed by atoms with van der Waals surface area (Å²) in [7, 11) is 0. The van der Waals surface area contributed by atoms with E-state index in [9.17, 15) is 44.4 Å². The Hall–Kier alpha value is -2.01. The first-order chi connectivity index (χ1) is 15.6. The van der Waals surface area contributed by atoms with Gasteiger partial charge in [0.25, 0.3) is 11.4 Å². The molecule has 0 rings (SSSR count). The molecular formula is C26H44O10. The molecule has 0 saturated heterocycles. The standard InChI is InChI=1S/C26H44O10/c1-21(2,3)16(30)17(31)26(19(33)23(7,8)9,36-20(34)24(10,11)12)25(35,15(29)14(28)13-27)18(32)22(4,5)6/h14-15,27-29,35H,13H2,1-12H3/t14-,15-,25-,26-/m1/s1. The maximum Gasteiger partial charge on any atom is 0.312 e. The molecule has 0 radical (unpaired) electrons. The second-order valence-electron chi connectivity index (χ2n) is 13.3. The molecule has 0 aromatic carbocycles. The fourth-order valence-electron chi connectivity index (χ4n) is 3.39. The van der Waals surface area contributed by atoms with Crippen LogP contribution in [0.2, 0.25) is 0 Å². The highest BCUT2D eigenvalue weighted by Gasteiger charge is 2.75. The Balaban J connectivity index is 8.27. The molecule has 0 fully saturated rings. The van der Waals surface area contributed by atoms with Crippen LogP contribution in [0, 0.1) is 21.7 Å². The number of hydrogen-bond donors (Lipinski definition) is 4. The largest absolute Gasteiger partial charge is 0.438 e. The number of aliphatic hydroxyl groups is 4. The van der Waals surface area contributed by atoms with E-state index in [1.807, 2.05) is 0 Å². The van der Waals surface area contributed by atoms with Gasteiger partial charge in [-0.2, -0.15) is 0 Å². The normalized spacial score (nSPS) is 18.3. The highest BCUT2D eigenvalue weighted by atomic mass is 16.6. The Morgan fingerprint density at radius 3 is 1.31 bits per heavy atom. The molecule has 10 heteroatoms. The third-order valence-corrected chi connectivity index (χ3v) is 5.61. The molecule has 4 N–H and O–H groups in total. The molecular weight excluding hydrogens is 472 g/mol. The zero-order valence-corrected chi connectivity index (χ0v) is 23.6. The fraction of sp³-hybridized carbons (Fsp3) is 0.808. The van der Waals surface area contributed by atoms with E-state index in [2.05, 4.69) is 0 Å². The van der Waals surface area contributed by atoms with Gasteiger partial charge >= 0.3 is 5.97 Å². The molecule has 0 aromatic heterocycles. The lowest BCUT2D eigenvalue weighted by atomic mass is 9.59. The van der Waals surface area contributed by atoms with Crippen molar-refractivity contribution in [2.75, 3.05) is 6.61 Å². The average Bonchev–Trinajstić information content (AvgIpc) is 2.70. The van der Waals surface area contributed by atoms with Crippen molar-refractivity contribution >= 4 is 29.1 Å². The number of carbonyl (C=O) groups is 5. The maximum atomic E-state index is 14.1. The van der Waals surface area contributed by atoms with E-state index < -0.39 is 80.8 Å². The number of ketones is 4. The van der Waals surface area contributed by atoms with Crippen LogP contribution in [-0.4, -0.2) is 79.5 Å². The van der Waals surface area contributed by atoms with Gasteiger partial charge in [0.15, 0.2) is 11.6 Å². The van der Waals surface area contributed by atoms with Crippen LogP contribution < -0.4 is 0 Å². The second kappa shape index (κ2) is 10.4. The van der Waals surface area contributed by atoms with Crippen molar-refractivity contribution in [3.05, 3.63) is 0 Å². The second-order valence-corrected chi connectivity index (χ2v) is 13.3. The highest BCUT2D eigenvalue weighted by molar-refractivity contribution is 6.48. The minimum Gasteiger partial charge on any atom is -0.438 e. The van der Waals surface area contributed by atoms with Gasteiger partial charge in [0.2, 0.25) is 11.4 Å². The molecule has 0 aliphatic heterocycles. The van der Waals surface area contributed by atoms with Crippen LogP contribution in [0.25, 0.3) is 0 Å². The summed E-state index contributed by atoms with van der Waals surface area (Å²) in [5, 5.41) is 43.0. The molecule has 36 heavy (non-hydrogen) atoms. The maximum absolute atomic E-state index is 14.1. The number of esters is 1. The summed E-state index contributed by atoms with van der Waals surface area (Å²) >= 11 is 0. The van der Waals surface area contributed by atoms with Crippen molar-refractivity contribution in [2.45, 2.75) is 106 Å². The van der Waals surface area contributed by atoms with E-state index in [1.165, 1.54) is 83.1 Å². The van der Waals surface area contributed by atoms with E-state index >= 15 is 0 Å². The predicted molar refractivity (Wildman–Crippen MR) is 131 cm³/mol. The van der Waals surface area contributed by atoms with Gasteiger partial charge < -0.3 is 25.2 Å². The third-order valence-electron chi connectivity index (χ3n) is 5.61. The third kappa shape index (κ3) is 6.27. The van der Waals surface area contributed by atoms with Crippen LogP contribution in [-0.2, 0) is 28.7 Å². The summed E-state index contributed by atoms with van der Waals surface area (Å²) in [6.07, 6.45) is -4.98. The minimum absolute atomic E-state index is 1.20. The number of rotatable bonds is 9. The van der Waals surface area contributed by atoms with E-state index in [0.717, 1.165) is 0 Å². The average molecular weight is 517 g/mol. The summed E-state index contributed by atoms with van der Waals surface area (Å²) < 4.78 is 5.48. The zero-order valence-electron chi connectivity index (χ0n) is 23.6. The summed E-state index contributed by atoms with van der Waals surface area (Å²) in [6.45, 7) is 14.8. The Kier molecular flexibility index (Phi) is 9.81. The van der Waals surface area contributed by atoms with Crippen molar-refractivity contribution in [3.8, 4) is 0 Å². The number of Topliss-reactive ketones (excluding diaryl/α,β-unsaturated/α-hetero) is 4. The number of carbonyl (C=O) groups excluding carboxylic acids is 5. The summed E-state index contributed by atoms with van der Waals surface area (Å²) in [5.74, 6) is -6.96. The predicted octanol–water partition coefficient (Wildman–Crippen LogP) is 1.17. The molecule has 0 saturated carbocycles. The van der Waals surface area contributed by atoms with E-state index in [0.29, 0.717) is 0 Å². The molecule has 0 heterocycles. The van der Waals surface area contributed by atoms with Gasteiger partial charge in [0, 0.05) is 16.2 Å². The summed E-state index contributed by atoms with van der Waals surface area (Å²) in [5.41, 5.74) is -13.4. The van der Waals surface area contributed by atoms with Gasteiger partial charge in [-0.3, -0.25) is 24.0 Å². The van der Waals surface area contributed by atoms with Crippen LogP contribution in [0.1, 0.15) is 83.1 Å². The Morgan fingerprint density at radius 1 is 0.639 bits per heavy atom. The topological polar surface area (TPSA) is 175 Å². The van der Waals surface area contributed by atoms with Gasteiger partial charge in [0.1, 0.15) is 12.2 Å². The van der Waals surface area contributed by atoms with Crippen molar-refractivity contribution < 1.29 is 49.1 Å². The molecule has 0 aliphatic rings. The summed E-state index contributed by atoms with van der Waals surface area (Å²) in [6, 6.07) is 0. The molecule has 0 bridgehead atoms. The zero-order chi connectivity index (χ0) is 29.5. The molecule has 0 aromatic rings. The number of ether oxygens (including phenoxy) is 1. The van der Waals surface area contributed by atoms with Gasteiger partial charge in [-0.15, -0.1) is 0 Å². The number of aliphatic hydroxyl groups excluding tert-OH is 3. The molecule has 0 aliphatic carbocycles. The van der Waals surface area contributed by atoms with Crippen LogP contribution in [0.3, 0.4) is 0 Å². The van der Waals surface area contributed by atoms with Gasteiger partial charge in [0.05, 0.1) is 12.0 Å². The van der Waals surface area contributed by atoms with E-state index in [1.54, 1.807) is 0 Å². The molecule has 4 atom stereocenters. The van der Waals surface area contributed by atoms with E-state index in [-0.39, 0.29) is 0 Å². The van der Waals surface area contributed by atoms with Crippen molar-refractivity contribution in [1.29, 1.82) is 0 Å². The lowest BCUT2D eigenvalue weighted by Crippen LogP contribution is -2.79. The molecule has 0 amide bonds.